The van der Waals surface area contributed by atoms with Crippen LogP contribution in [0, 0.1) is 0 Å². The lowest BCUT2D eigenvalue weighted by Gasteiger charge is -2.08. The van der Waals surface area contributed by atoms with Crippen molar-refractivity contribution < 1.29 is 4.74 Å². The molecule has 0 aliphatic rings. The zero-order valence-corrected chi connectivity index (χ0v) is 16.3. The predicted octanol–water partition coefficient (Wildman–Crippen LogP) is 5.25. The third-order valence-corrected chi connectivity index (χ3v) is 4.61. The van der Waals surface area contributed by atoms with Crippen molar-refractivity contribution in [3.05, 3.63) is 70.9 Å². The van der Waals surface area contributed by atoms with E-state index in [0.717, 1.165) is 37.7 Å². The summed E-state index contributed by atoms with van der Waals surface area (Å²) < 4.78 is 7.90. The van der Waals surface area contributed by atoms with Crippen LogP contribution in [0.3, 0.4) is 0 Å². The summed E-state index contributed by atoms with van der Waals surface area (Å²) in [6.45, 7) is 7.60. The van der Waals surface area contributed by atoms with Gasteiger partial charge in [-0.25, -0.2) is 0 Å². The predicted molar refractivity (Wildman–Crippen MR) is 110 cm³/mol. The maximum Gasteiger partial charge on any atom is 0.0518 e. The van der Waals surface area contributed by atoms with Crippen molar-refractivity contribution in [1.29, 1.82) is 0 Å². The van der Waals surface area contributed by atoms with Crippen molar-refractivity contribution >= 4 is 22.5 Å². The van der Waals surface area contributed by atoms with E-state index in [1.54, 1.807) is 0 Å². The van der Waals surface area contributed by atoms with Crippen LogP contribution in [0.1, 0.15) is 31.4 Å². The quantitative estimate of drug-likeness (QED) is 0.521. The standard InChI is InChI=1S/C22H27ClN2O/c1-17(2)26-12-6-11-24-14-19-16-25(22-10-4-3-9-21(19)22)15-18-7-5-8-20(23)13-18/h3-5,7-10,13,16-17,24H,6,11-12,14-15H2,1-2H3. The van der Waals surface area contributed by atoms with Crippen molar-refractivity contribution in [2.45, 2.75) is 39.5 Å². The van der Waals surface area contributed by atoms with Crippen LogP contribution in [-0.2, 0) is 17.8 Å². The average molecular weight is 371 g/mol. The first-order chi connectivity index (χ1) is 12.6. The monoisotopic (exact) mass is 370 g/mol. The maximum absolute atomic E-state index is 6.13. The normalized spacial score (nSPS) is 11.5. The molecule has 0 unspecified atom stereocenters. The highest BCUT2D eigenvalue weighted by Crippen LogP contribution is 2.23. The van der Waals surface area contributed by atoms with Gasteiger partial charge in [0.2, 0.25) is 0 Å². The minimum absolute atomic E-state index is 0.305. The lowest BCUT2D eigenvalue weighted by Crippen LogP contribution is -2.17. The highest BCUT2D eigenvalue weighted by Gasteiger charge is 2.08. The molecule has 0 atom stereocenters. The number of nitrogens with one attached hydrogen (secondary N) is 1. The number of ether oxygens (including phenoxy) is 1. The van der Waals surface area contributed by atoms with Crippen molar-refractivity contribution in [2.75, 3.05) is 13.2 Å². The number of benzene rings is 2. The van der Waals surface area contributed by atoms with E-state index < -0.39 is 0 Å². The molecule has 1 N–H and O–H groups in total. The van der Waals surface area contributed by atoms with E-state index in [1.165, 1.54) is 22.0 Å². The van der Waals surface area contributed by atoms with E-state index in [0.29, 0.717) is 6.10 Å². The zero-order valence-electron chi connectivity index (χ0n) is 15.5. The van der Waals surface area contributed by atoms with Gasteiger partial charge >= 0.3 is 0 Å². The zero-order chi connectivity index (χ0) is 18.4. The van der Waals surface area contributed by atoms with Gasteiger partial charge in [-0.2, -0.15) is 0 Å². The highest BCUT2D eigenvalue weighted by molar-refractivity contribution is 6.30. The van der Waals surface area contributed by atoms with Crippen LogP contribution >= 0.6 is 11.6 Å². The molecule has 0 radical (unpaired) electrons. The molecule has 1 heterocycles. The Balaban J connectivity index is 1.67. The van der Waals surface area contributed by atoms with Gasteiger partial charge in [0.05, 0.1) is 6.10 Å². The third-order valence-electron chi connectivity index (χ3n) is 4.38. The molecule has 0 aliphatic heterocycles. The topological polar surface area (TPSA) is 26.2 Å². The minimum Gasteiger partial charge on any atom is -0.379 e. The van der Waals surface area contributed by atoms with Crippen molar-refractivity contribution in [2.24, 2.45) is 0 Å². The van der Waals surface area contributed by atoms with E-state index >= 15 is 0 Å². The molecule has 0 fully saturated rings. The van der Waals surface area contributed by atoms with E-state index in [4.69, 9.17) is 16.3 Å². The van der Waals surface area contributed by atoms with Gasteiger partial charge in [0.25, 0.3) is 0 Å². The molecule has 1 aromatic heterocycles. The largest absolute Gasteiger partial charge is 0.379 e. The van der Waals surface area contributed by atoms with Crippen molar-refractivity contribution in [1.82, 2.24) is 9.88 Å². The third kappa shape index (κ3) is 5.10. The first kappa shape index (κ1) is 19.0. The second-order valence-electron chi connectivity index (χ2n) is 6.88. The molecule has 138 valence electrons. The second kappa shape index (κ2) is 9.22. The smallest absolute Gasteiger partial charge is 0.0518 e. The molecule has 0 spiro atoms. The number of rotatable bonds is 9. The average Bonchev–Trinajstić information content (AvgIpc) is 2.96. The summed E-state index contributed by atoms with van der Waals surface area (Å²) >= 11 is 6.13. The molecule has 3 nitrogen and oxygen atoms in total. The molecule has 26 heavy (non-hydrogen) atoms. The van der Waals surface area contributed by atoms with Gasteiger partial charge in [-0.3, -0.25) is 0 Å². The molecular formula is C22H27ClN2O. The first-order valence-corrected chi connectivity index (χ1v) is 9.65. The summed E-state index contributed by atoms with van der Waals surface area (Å²) in [5.74, 6) is 0. The Labute approximate surface area is 160 Å². The number of para-hydroxylation sites is 1. The van der Waals surface area contributed by atoms with Gasteiger partial charge in [0.1, 0.15) is 0 Å². The van der Waals surface area contributed by atoms with Crippen LogP contribution < -0.4 is 5.32 Å². The molecular weight excluding hydrogens is 344 g/mol. The van der Waals surface area contributed by atoms with Crippen LogP contribution in [0.15, 0.2) is 54.7 Å². The Morgan fingerprint density at radius 1 is 1.12 bits per heavy atom. The van der Waals surface area contributed by atoms with Gasteiger partial charge in [0, 0.05) is 41.8 Å². The molecule has 0 bridgehead atoms. The summed E-state index contributed by atoms with van der Waals surface area (Å²) in [6.07, 6.45) is 3.59. The Bertz CT molecular complexity index is 841. The molecule has 2 aromatic carbocycles. The fraction of sp³-hybridized carbons (Fsp3) is 0.364. The molecule has 0 aliphatic carbocycles. The summed E-state index contributed by atoms with van der Waals surface area (Å²) in [7, 11) is 0. The Hall–Kier alpha value is -1.81. The number of halogens is 1. The summed E-state index contributed by atoms with van der Waals surface area (Å²) in [4.78, 5) is 0. The van der Waals surface area contributed by atoms with E-state index in [-0.39, 0.29) is 0 Å². The molecule has 3 aromatic rings. The summed E-state index contributed by atoms with van der Waals surface area (Å²) in [5.41, 5.74) is 3.79. The van der Waals surface area contributed by atoms with Crippen LogP contribution in [0.2, 0.25) is 5.02 Å². The van der Waals surface area contributed by atoms with Gasteiger partial charge in [-0.05, 0) is 56.1 Å². The number of hydrogen-bond acceptors (Lipinski definition) is 2. The Morgan fingerprint density at radius 2 is 1.96 bits per heavy atom. The van der Waals surface area contributed by atoms with Crippen molar-refractivity contribution in [3.63, 3.8) is 0 Å². The number of fused-ring (bicyclic) bond motifs is 1. The van der Waals surface area contributed by atoms with Gasteiger partial charge in [-0.1, -0.05) is 41.9 Å². The maximum atomic E-state index is 6.13. The first-order valence-electron chi connectivity index (χ1n) is 9.27. The Kier molecular flexibility index (Phi) is 6.73. The minimum atomic E-state index is 0.305. The lowest BCUT2D eigenvalue weighted by molar-refractivity contribution is 0.0770. The van der Waals surface area contributed by atoms with Gasteiger partial charge < -0.3 is 14.6 Å². The number of hydrogen-bond donors (Lipinski definition) is 1. The molecule has 4 heteroatoms. The Morgan fingerprint density at radius 3 is 2.77 bits per heavy atom. The SMILES string of the molecule is CC(C)OCCCNCc1cn(Cc2cccc(Cl)c2)c2ccccc12. The lowest BCUT2D eigenvalue weighted by atomic mass is 10.2. The van der Waals surface area contributed by atoms with Gasteiger partial charge in [0.15, 0.2) is 0 Å². The molecule has 0 saturated carbocycles. The fourth-order valence-corrected chi connectivity index (χ4v) is 3.38. The van der Waals surface area contributed by atoms with Crippen LogP contribution in [0.25, 0.3) is 10.9 Å². The fourth-order valence-electron chi connectivity index (χ4n) is 3.17. The van der Waals surface area contributed by atoms with Crippen LogP contribution in [-0.4, -0.2) is 23.8 Å². The van der Waals surface area contributed by atoms with Gasteiger partial charge in [-0.15, -0.1) is 0 Å². The summed E-state index contributed by atoms with van der Waals surface area (Å²) in [6, 6.07) is 16.6. The number of nitrogens with zero attached hydrogens (tertiary/aromatic N) is 1. The number of aromatic nitrogens is 1. The highest BCUT2D eigenvalue weighted by atomic mass is 35.5. The van der Waals surface area contributed by atoms with E-state index in [1.807, 2.05) is 18.2 Å². The van der Waals surface area contributed by atoms with E-state index in [2.05, 4.69) is 60.3 Å². The van der Waals surface area contributed by atoms with Crippen molar-refractivity contribution in [3.8, 4) is 0 Å². The summed E-state index contributed by atoms with van der Waals surface area (Å²) in [5, 5.41) is 5.63. The second-order valence-corrected chi connectivity index (χ2v) is 7.32. The molecule has 0 amide bonds. The molecule has 0 saturated heterocycles. The van der Waals surface area contributed by atoms with E-state index in [9.17, 15) is 0 Å². The molecule has 3 rings (SSSR count). The van der Waals surface area contributed by atoms with Crippen LogP contribution in [0.5, 0.6) is 0 Å². The van der Waals surface area contributed by atoms with Crippen LogP contribution in [0.4, 0.5) is 0 Å².